The van der Waals surface area contributed by atoms with Crippen LogP contribution in [0.15, 0.2) is 35.3 Å². The molecule has 0 bridgehead atoms. The van der Waals surface area contributed by atoms with E-state index in [0.29, 0.717) is 6.04 Å². The Morgan fingerprint density at radius 3 is 2.61 bits per heavy atom. The van der Waals surface area contributed by atoms with E-state index in [1.54, 1.807) is 12.3 Å². The summed E-state index contributed by atoms with van der Waals surface area (Å²) in [5.41, 5.74) is 2.78. The van der Waals surface area contributed by atoms with Crippen LogP contribution >= 0.6 is 0 Å². The summed E-state index contributed by atoms with van der Waals surface area (Å²) in [6.45, 7) is 6.15. The van der Waals surface area contributed by atoms with Crippen molar-refractivity contribution in [3.63, 3.8) is 0 Å². The first-order chi connectivity index (χ1) is 8.56. The number of rotatable bonds is 3. The monoisotopic (exact) mass is 243 g/mol. The van der Waals surface area contributed by atoms with Crippen LogP contribution in [0.4, 0.5) is 5.82 Å². The fourth-order valence-corrected chi connectivity index (χ4v) is 1.76. The Bertz CT molecular complexity index is 582. The lowest BCUT2D eigenvalue weighted by Crippen LogP contribution is -2.11. The fraction of sp³-hybridized carbons (Fsp3) is 0.286. The molecule has 0 aliphatic rings. The fourth-order valence-electron chi connectivity index (χ4n) is 1.76. The highest BCUT2D eigenvalue weighted by molar-refractivity contribution is 5.64. The Kier molecular flexibility index (Phi) is 3.46. The molecule has 0 aliphatic heterocycles. The summed E-state index contributed by atoms with van der Waals surface area (Å²) < 4.78 is 0. The van der Waals surface area contributed by atoms with Gasteiger partial charge >= 0.3 is 0 Å². The van der Waals surface area contributed by atoms with E-state index in [2.05, 4.69) is 29.1 Å². The summed E-state index contributed by atoms with van der Waals surface area (Å²) in [4.78, 5) is 18.3. The third-order valence-corrected chi connectivity index (χ3v) is 2.59. The molecule has 0 saturated heterocycles. The maximum Gasteiger partial charge on any atom is 0.247 e. The molecule has 2 rings (SSSR count). The molecule has 2 N–H and O–H groups in total. The average Bonchev–Trinajstić information content (AvgIpc) is 2.32. The van der Waals surface area contributed by atoms with Gasteiger partial charge in [-0.15, -0.1) is 0 Å². The third kappa shape index (κ3) is 2.77. The number of H-pyrrole nitrogens is 1. The lowest BCUT2D eigenvalue weighted by atomic mass is 10.1. The molecule has 0 spiro atoms. The minimum atomic E-state index is -0.104. The summed E-state index contributed by atoms with van der Waals surface area (Å²) in [5.74, 6) is 0.844. The highest BCUT2D eigenvalue weighted by atomic mass is 16.1. The van der Waals surface area contributed by atoms with Crippen LogP contribution in [0.1, 0.15) is 19.4 Å². The van der Waals surface area contributed by atoms with Gasteiger partial charge in [-0.2, -0.15) is 0 Å². The molecular formula is C14H17N3O. The van der Waals surface area contributed by atoms with Gasteiger partial charge in [0.15, 0.2) is 0 Å². The third-order valence-electron chi connectivity index (χ3n) is 2.59. The first-order valence-corrected chi connectivity index (χ1v) is 5.99. The van der Waals surface area contributed by atoms with E-state index in [4.69, 9.17) is 0 Å². The largest absolute Gasteiger partial charge is 0.368 e. The van der Waals surface area contributed by atoms with Crippen LogP contribution < -0.4 is 10.9 Å². The summed E-state index contributed by atoms with van der Waals surface area (Å²) >= 11 is 0. The Hall–Kier alpha value is -2.10. The highest BCUT2D eigenvalue weighted by Gasteiger charge is 2.06. The van der Waals surface area contributed by atoms with E-state index in [9.17, 15) is 4.79 Å². The van der Waals surface area contributed by atoms with E-state index < -0.39 is 0 Å². The van der Waals surface area contributed by atoms with Crippen LogP contribution in [0, 0.1) is 6.92 Å². The smallest absolute Gasteiger partial charge is 0.247 e. The maximum atomic E-state index is 11.1. The van der Waals surface area contributed by atoms with Crippen LogP contribution in [-0.4, -0.2) is 16.0 Å². The van der Waals surface area contributed by atoms with Gasteiger partial charge in [0.1, 0.15) is 5.82 Å². The van der Waals surface area contributed by atoms with Crippen molar-refractivity contribution in [2.75, 3.05) is 5.32 Å². The predicted molar refractivity (Wildman–Crippen MR) is 73.8 cm³/mol. The van der Waals surface area contributed by atoms with Crippen molar-refractivity contribution in [2.45, 2.75) is 26.8 Å². The van der Waals surface area contributed by atoms with Crippen LogP contribution in [0.25, 0.3) is 11.3 Å². The van der Waals surface area contributed by atoms with Crippen molar-refractivity contribution in [1.29, 1.82) is 0 Å². The SMILES string of the molecule is Cc1ccc(NC(C)C)nc1-c1ccc(=O)[nH]c1. The Balaban J connectivity index is 2.42. The van der Waals surface area contributed by atoms with Crippen LogP contribution in [0.5, 0.6) is 0 Å². The second-order valence-corrected chi connectivity index (χ2v) is 4.60. The molecule has 0 fully saturated rings. The van der Waals surface area contributed by atoms with Crippen molar-refractivity contribution in [3.05, 3.63) is 46.4 Å². The molecule has 0 unspecified atom stereocenters. The number of aromatic amines is 1. The zero-order valence-corrected chi connectivity index (χ0v) is 10.8. The van der Waals surface area contributed by atoms with Gasteiger partial charge in [0.05, 0.1) is 5.69 Å². The van der Waals surface area contributed by atoms with E-state index in [0.717, 1.165) is 22.6 Å². The molecule has 2 aromatic heterocycles. The van der Waals surface area contributed by atoms with E-state index >= 15 is 0 Å². The number of aryl methyl sites for hydroxylation is 1. The zero-order valence-electron chi connectivity index (χ0n) is 10.8. The Labute approximate surface area is 106 Å². The summed E-state index contributed by atoms with van der Waals surface area (Å²) in [6.07, 6.45) is 1.69. The molecule has 0 amide bonds. The molecule has 0 atom stereocenters. The molecule has 2 heterocycles. The van der Waals surface area contributed by atoms with Crippen molar-refractivity contribution < 1.29 is 0 Å². The van der Waals surface area contributed by atoms with Crippen LogP contribution in [-0.2, 0) is 0 Å². The molecule has 0 aromatic carbocycles. The Morgan fingerprint density at radius 2 is 2.00 bits per heavy atom. The lowest BCUT2D eigenvalue weighted by molar-refractivity contribution is 0.889. The zero-order chi connectivity index (χ0) is 13.1. The van der Waals surface area contributed by atoms with Crippen molar-refractivity contribution in [2.24, 2.45) is 0 Å². The molecule has 0 saturated carbocycles. The van der Waals surface area contributed by atoms with Crippen molar-refractivity contribution in [3.8, 4) is 11.3 Å². The maximum absolute atomic E-state index is 11.1. The molecule has 4 nitrogen and oxygen atoms in total. The number of hydrogen-bond acceptors (Lipinski definition) is 3. The van der Waals surface area contributed by atoms with Gasteiger partial charge in [0.2, 0.25) is 5.56 Å². The molecule has 4 heteroatoms. The van der Waals surface area contributed by atoms with Gasteiger partial charge < -0.3 is 10.3 Å². The summed E-state index contributed by atoms with van der Waals surface area (Å²) in [6, 6.07) is 7.62. The van der Waals surface area contributed by atoms with Gasteiger partial charge in [0, 0.05) is 23.9 Å². The number of nitrogens with one attached hydrogen (secondary N) is 2. The predicted octanol–water partition coefficient (Wildman–Crippen LogP) is 2.57. The first-order valence-electron chi connectivity index (χ1n) is 5.99. The minimum Gasteiger partial charge on any atom is -0.368 e. The first kappa shape index (κ1) is 12.4. The molecule has 18 heavy (non-hydrogen) atoms. The number of nitrogens with zero attached hydrogens (tertiary/aromatic N) is 1. The van der Waals surface area contributed by atoms with E-state index in [1.807, 2.05) is 19.1 Å². The number of anilines is 1. The van der Waals surface area contributed by atoms with E-state index in [1.165, 1.54) is 6.07 Å². The highest BCUT2D eigenvalue weighted by Crippen LogP contribution is 2.21. The second-order valence-electron chi connectivity index (χ2n) is 4.60. The normalized spacial score (nSPS) is 10.7. The number of aromatic nitrogens is 2. The quantitative estimate of drug-likeness (QED) is 0.871. The van der Waals surface area contributed by atoms with Crippen LogP contribution in [0.2, 0.25) is 0 Å². The number of pyridine rings is 2. The number of hydrogen-bond donors (Lipinski definition) is 2. The van der Waals surface area contributed by atoms with Gasteiger partial charge in [-0.1, -0.05) is 6.07 Å². The molecule has 0 radical (unpaired) electrons. The second kappa shape index (κ2) is 5.04. The molecule has 2 aromatic rings. The Morgan fingerprint density at radius 1 is 1.22 bits per heavy atom. The minimum absolute atomic E-state index is 0.104. The standard InChI is InChI=1S/C14H17N3O/c1-9(2)16-12-6-4-10(3)14(17-12)11-5-7-13(18)15-8-11/h4-9H,1-3H3,(H,15,18)(H,16,17). The van der Waals surface area contributed by atoms with Crippen LogP contribution in [0.3, 0.4) is 0 Å². The molecular weight excluding hydrogens is 226 g/mol. The van der Waals surface area contributed by atoms with Gasteiger partial charge in [-0.3, -0.25) is 4.79 Å². The van der Waals surface area contributed by atoms with Gasteiger partial charge in [0.25, 0.3) is 0 Å². The molecule has 0 aliphatic carbocycles. The molecule has 94 valence electrons. The van der Waals surface area contributed by atoms with E-state index in [-0.39, 0.29) is 5.56 Å². The summed E-state index contributed by atoms with van der Waals surface area (Å²) in [5, 5.41) is 3.27. The van der Waals surface area contributed by atoms with Crippen molar-refractivity contribution >= 4 is 5.82 Å². The van der Waals surface area contributed by atoms with Gasteiger partial charge in [-0.25, -0.2) is 4.98 Å². The average molecular weight is 243 g/mol. The van der Waals surface area contributed by atoms with Gasteiger partial charge in [-0.05, 0) is 38.5 Å². The topological polar surface area (TPSA) is 57.8 Å². The van der Waals surface area contributed by atoms with Crippen molar-refractivity contribution in [1.82, 2.24) is 9.97 Å². The lowest BCUT2D eigenvalue weighted by Gasteiger charge is -2.12. The summed E-state index contributed by atoms with van der Waals surface area (Å²) in [7, 11) is 0.